The largest absolute Gasteiger partial charge is 0.393 e. The summed E-state index contributed by atoms with van der Waals surface area (Å²) in [5, 5.41) is 9.93. The molecule has 3 nitrogen and oxygen atoms in total. The average molecular weight is 260 g/mol. The van der Waals surface area contributed by atoms with Crippen molar-refractivity contribution in [3.8, 4) is 0 Å². The SMILES string of the molecule is CC[C@@H](N)c1ccccc1N1C2CCC1CC(O)C2. The van der Waals surface area contributed by atoms with Crippen molar-refractivity contribution in [3.63, 3.8) is 0 Å². The quantitative estimate of drug-likeness (QED) is 0.878. The molecule has 2 aliphatic heterocycles. The lowest BCUT2D eigenvalue weighted by Gasteiger charge is -2.40. The standard InChI is InChI=1S/C16H24N2O/c1-2-15(17)14-5-3-4-6-16(14)18-11-7-8-12(18)10-13(19)9-11/h3-6,11-13,15,19H,2,7-10,17H2,1H3/t11?,12?,13?,15-/m1/s1. The van der Waals surface area contributed by atoms with Gasteiger partial charge < -0.3 is 15.7 Å². The van der Waals surface area contributed by atoms with Crippen molar-refractivity contribution in [2.24, 2.45) is 5.73 Å². The Morgan fingerprint density at radius 2 is 1.89 bits per heavy atom. The van der Waals surface area contributed by atoms with E-state index < -0.39 is 0 Å². The monoisotopic (exact) mass is 260 g/mol. The molecule has 0 saturated carbocycles. The molecule has 0 spiro atoms. The fraction of sp³-hybridized carbons (Fsp3) is 0.625. The topological polar surface area (TPSA) is 49.5 Å². The summed E-state index contributed by atoms with van der Waals surface area (Å²) in [5.41, 5.74) is 8.83. The van der Waals surface area contributed by atoms with Crippen molar-refractivity contribution in [2.75, 3.05) is 4.90 Å². The first kappa shape index (κ1) is 12.9. The Morgan fingerprint density at radius 3 is 2.53 bits per heavy atom. The van der Waals surface area contributed by atoms with Gasteiger partial charge in [-0.2, -0.15) is 0 Å². The molecule has 0 radical (unpaired) electrons. The molecule has 2 aliphatic rings. The second-order valence-corrected chi connectivity index (χ2v) is 5.99. The highest BCUT2D eigenvalue weighted by Crippen LogP contribution is 2.41. The molecule has 2 unspecified atom stereocenters. The van der Waals surface area contributed by atoms with Gasteiger partial charge in [-0.3, -0.25) is 0 Å². The number of nitrogens with two attached hydrogens (primary N) is 1. The summed E-state index contributed by atoms with van der Waals surface area (Å²) < 4.78 is 0. The van der Waals surface area contributed by atoms with Crippen molar-refractivity contribution in [1.29, 1.82) is 0 Å². The van der Waals surface area contributed by atoms with Gasteiger partial charge in [0.25, 0.3) is 0 Å². The fourth-order valence-corrected chi connectivity index (χ4v) is 3.80. The maximum Gasteiger partial charge on any atom is 0.0579 e. The van der Waals surface area contributed by atoms with Gasteiger partial charge in [0, 0.05) is 23.8 Å². The Labute approximate surface area is 115 Å². The molecule has 1 aromatic carbocycles. The molecule has 2 heterocycles. The molecule has 104 valence electrons. The van der Waals surface area contributed by atoms with Crippen LogP contribution in [0.15, 0.2) is 24.3 Å². The van der Waals surface area contributed by atoms with Crippen LogP contribution in [0.3, 0.4) is 0 Å². The van der Waals surface area contributed by atoms with E-state index in [1.54, 1.807) is 0 Å². The molecule has 2 saturated heterocycles. The third-order valence-electron chi connectivity index (χ3n) is 4.76. The normalized spacial score (nSPS) is 31.5. The maximum atomic E-state index is 9.93. The highest BCUT2D eigenvalue weighted by molar-refractivity contribution is 5.58. The van der Waals surface area contributed by atoms with Crippen LogP contribution in [0.4, 0.5) is 5.69 Å². The number of hydrogen-bond acceptors (Lipinski definition) is 3. The molecule has 1 aromatic rings. The molecule has 3 atom stereocenters. The number of rotatable bonds is 3. The minimum atomic E-state index is -0.110. The minimum Gasteiger partial charge on any atom is -0.393 e. The van der Waals surface area contributed by atoms with Gasteiger partial charge in [0.15, 0.2) is 0 Å². The molecule has 0 amide bonds. The molecule has 3 rings (SSSR count). The van der Waals surface area contributed by atoms with Crippen LogP contribution in [-0.4, -0.2) is 23.3 Å². The maximum absolute atomic E-state index is 9.93. The molecule has 3 heteroatoms. The smallest absolute Gasteiger partial charge is 0.0579 e. The van der Waals surface area contributed by atoms with Crippen LogP contribution >= 0.6 is 0 Å². The number of aliphatic hydroxyl groups is 1. The predicted molar refractivity (Wildman–Crippen MR) is 78.2 cm³/mol. The van der Waals surface area contributed by atoms with E-state index >= 15 is 0 Å². The Balaban J connectivity index is 1.95. The Kier molecular flexibility index (Phi) is 3.50. The minimum absolute atomic E-state index is 0.110. The zero-order chi connectivity index (χ0) is 13.4. The summed E-state index contributed by atoms with van der Waals surface area (Å²) in [4.78, 5) is 2.54. The zero-order valence-corrected chi connectivity index (χ0v) is 11.6. The van der Waals surface area contributed by atoms with E-state index in [1.165, 1.54) is 24.1 Å². The Bertz CT molecular complexity index is 434. The van der Waals surface area contributed by atoms with Gasteiger partial charge in [0.1, 0.15) is 0 Å². The van der Waals surface area contributed by atoms with Crippen LogP contribution < -0.4 is 10.6 Å². The number of hydrogen-bond donors (Lipinski definition) is 2. The molecular weight excluding hydrogens is 236 g/mol. The summed E-state index contributed by atoms with van der Waals surface area (Å²) in [6.45, 7) is 2.13. The van der Waals surface area contributed by atoms with E-state index in [4.69, 9.17) is 5.73 Å². The van der Waals surface area contributed by atoms with Crippen LogP contribution in [0, 0.1) is 0 Å². The number of fused-ring (bicyclic) bond motifs is 2. The molecular formula is C16H24N2O. The van der Waals surface area contributed by atoms with Gasteiger partial charge in [0.05, 0.1) is 6.10 Å². The van der Waals surface area contributed by atoms with Gasteiger partial charge in [-0.1, -0.05) is 25.1 Å². The molecule has 0 aliphatic carbocycles. The third kappa shape index (κ3) is 2.26. The van der Waals surface area contributed by atoms with Gasteiger partial charge in [-0.15, -0.1) is 0 Å². The van der Waals surface area contributed by atoms with Gasteiger partial charge in [-0.05, 0) is 43.7 Å². The van der Waals surface area contributed by atoms with E-state index in [0.717, 1.165) is 19.3 Å². The van der Waals surface area contributed by atoms with Gasteiger partial charge >= 0.3 is 0 Å². The summed E-state index contributed by atoms with van der Waals surface area (Å²) >= 11 is 0. The van der Waals surface area contributed by atoms with Crippen molar-refractivity contribution in [2.45, 2.75) is 63.3 Å². The van der Waals surface area contributed by atoms with Crippen LogP contribution in [-0.2, 0) is 0 Å². The number of aliphatic hydroxyl groups excluding tert-OH is 1. The van der Waals surface area contributed by atoms with Crippen LogP contribution in [0.1, 0.15) is 50.6 Å². The summed E-state index contributed by atoms with van der Waals surface area (Å²) in [5.74, 6) is 0. The Hall–Kier alpha value is -1.06. The number of anilines is 1. The van der Waals surface area contributed by atoms with E-state index in [9.17, 15) is 5.11 Å². The lowest BCUT2D eigenvalue weighted by Crippen LogP contribution is -2.45. The molecule has 2 bridgehead atoms. The number of piperidine rings is 1. The molecule has 2 fully saturated rings. The number of para-hydroxylation sites is 1. The van der Waals surface area contributed by atoms with Crippen LogP contribution in [0.5, 0.6) is 0 Å². The molecule has 3 N–H and O–H groups in total. The number of benzene rings is 1. The van der Waals surface area contributed by atoms with Crippen LogP contribution in [0.25, 0.3) is 0 Å². The number of nitrogens with zero attached hydrogens (tertiary/aromatic N) is 1. The van der Waals surface area contributed by atoms with Gasteiger partial charge in [-0.25, -0.2) is 0 Å². The average Bonchev–Trinajstić information content (AvgIpc) is 2.70. The first-order valence-electron chi connectivity index (χ1n) is 7.51. The fourth-order valence-electron chi connectivity index (χ4n) is 3.80. The lowest BCUT2D eigenvalue weighted by molar-refractivity contribution is 0.126. The Morgan fingerprint density at radius 1 is 1.26 bits per heavy atom. The van der Waals surface area contributed by atoms with Crippen molar-refractivity contribution >= 4 is 5.69 Å². The summed E-state index contributed by atoms with van der Waals surface area (Å²) in [6, 6.07) is 9.66. The van der Waals surface area contributed by atoms with Crippen LogP contribution in [0.2, 0.25) is 0 Å². The van der Waals surface area contributed by atoms with E-state index in [2.05, 4.69) is 36.1 Å². The van der Waals surface area contributed by atoms with E-state index in [1.807, 2.05) is 0 Å². The third-order valence-corrected chi connectivity index (χ3v) is 4.76. The first-order valence-corrected chi connectivity index (χ1v) is 7.51. The lowest BCUT2D eigenvalue weighted by atomic mass is 9.95. The van der Waals surface area contributed by atoms with E-state index in [-0.39, 0.29) is 12.1 Å². The first-order chi connectivity index (χ1) is 9.20. The van der Waals surface area contributed by atoms with Gasteiger partial charge in [0.2, 0.25) is 0 Å². The second kappa shape index (κ2) is 5.14. The van der Waals surface area contributed by atoms with Crippen molar-refractivity contribution in [3.05, 3.63) is 29.8 Å². The highest BCUT2D eigenvalue weighted by Gasteiger charge is 2.40. The van der Waals surface area contributed by atoms with Crippen molar-refractivity contribution < 1.29 is 5.11 Å². The second-order valence-electron chi connectivity index (χ2n) is 5.99. The van der Waals surface area contributed by atoms with E-state index in [0.29, 0.717) is 12.1 Å². The molecule has 0 aromatic heterocycles. The highest BCUT2D eigenvalue weighted by atomic mass is 16.3. The predicted octanol–water partition coefficient (Wildman–Crippen LogP) is 2.59. The zero-order valence-electron chi connectivity index (χ0n) is 11.6. The summed E-state index contributed by atoms with van der Waals surface area (Å²) in [7, 11) is 0. The summed E-state index contributed by atoms with van der Waals surface area (Å²) in [6.07, 6.45) is 5.08. The molecule has 19 heavy (non-hydrogen) atoms. The van der Waals surface area contributed by atoms with Crippen molar-refractivity contribution in [1.82, 2.24) is 0 Å².